The highest BCUT2D eigenvalue weighted by Crippen LogP contribution is 2.13. The molecule has 0 aliphatic carbocycles. The Morgan fingerprint density at radius 3 is 1.17 bits per heavy atom. The van der Waals surface area contributed by atoms with E-state index in [1.165, 1.54) is 10.4 Å². The van der Waals surface area contributed by atoms with Crippen LogP contribution in [-0.4, -0.2) is 16.1 Å². The summed E-state index contributed by atoms with van der Waals surface area (Å²) in [5.74, 6) is 5.71. The van der Waals surface area contributed by atoms with Gasteiger partial charge in [-0.05, 0) is 22.5 Å². The van der Waals surface area contributed by atoms with Crippen LogP contribution < -0.4 is 10.4 Å². The van der Waals surface area contributed by atoms with Crippen LogP contribution in [0.4, 0.5) is 0 Å². The van der Waals surface area contributed by atoms with Gasteiger partial charge >= 0.3 is 0 Å². The van der Waals surface area contributed by atoms with Crippen molar-refractivity contribution in [1.82, 2.24) is 0 Å². The molecule has 0 bridgehead atoms. The summed E-state index contributed by atoms with van der Waals surface area (Å²) in [6.45, 7) is 14.0. The molecule has 2 heteroatoms. The Hall–Kier alpha value is -1.23. The Kier molecular flexibility index (Phi) is 3.96. The quantitative estimate of drug-likeness (QED) is 0.573. The third-order valence-corrected chi connectivity index (χ3v) is 7.31. The Morgan fingerprint density at radius 2 is 1.00 bits per heavy atom. The predicted octanol–water partition coefficient (Wildman–Crippen LogP) is 2.74. The average molecular weight is 271 g/mol. The van der Waals surface area contributed by atoms with E-state index in [0.717, 1.165) is 11.1 Å². The van der Waals surface area contributed by atoms with Gasteiger partial charge in [-0.25, -0.2) is 0 Å². The lowest BCUT2D eigenvalue weighted by Crippen LogP contribution is -2.58. The van der Waals surface area contributed by atoms with Gasteiger partial charge in [-0.15, -0.1) is 12.8 Å². The van der Waals surface area contributed by atoms with Crippen molar-refractivity contribution >= 4 is 26.5 Å². The molecule has 0 saturated heterocycles. The summed E-state index contributed by atoms with van der Waals surface area (Å²) in [5.41, 5.74) is 2.09. The van der Waals surface area contributed by atoms with Crippen molar-refractivity contribution in [3.63, 3.8) is 0 Å². The van der Waals surface area contributed by atoms with Gasteiger partial charge in [0.05, 0.1) is 16.1 Å². The molecule has 1 rings (SSSR count). The minimum atomic E-state index is -1.50. The van der Waals surface area contributed by atoms with Gasteiger partial charge in [0.15, 0.2) is 0 Å². The third-order valence-electron chi connectivity index (χ3n) is 3.02. The summed E-state index contributed by atoms with van der Waals surface area (Å²) < 4.78 is 0. The van der Waals surface area contributed by atoms with Crippen molar-refractivity contribution in [2.24, 2.45) is 0 Å². The maximum absolute atomic E-state index is 5.69. The zero-order chi connectivity index (χ0) is 14.1. The van der Waals surface area contributed by atoms with E-state index >= 15 is 0 Å². The second-order valence-corrected chi connectivity index (χ2v) is 16.7. The van der Waals surface area contributed by atoms with E-state index in [2.05, 4.69) is 51.1 Å². The van der Waals surface area contributed by atoms with Gasteiger partial charge in [0, 0.05) is 11.1 Å². The second kappa shape index (κ2) is 4.80. The van der Waals surface area contributed by atoms with Crippen molar-refractivity contribution < 1.29 is 0 Å². The molecule has 0 aliphatic heterocycles. The molecular weight excluding hydrogens is 248 g/mol. The summed E-state index contributed by atoms with van der Waals surface area (Å²) in [6, 6.07) is 4.04. The Bertz CT molecular complexity index is 490. The largest absolute Gasteiger partial charge is 0.115 e. The van der Waals surface area contributed by atoms with Crippen LogP contribution in [-0.2, 0) is 0 Å². The smallest absolute Gasteiger partial charge is 0.0791 e. The van der Waals surface area contributed by atoms with Crippen LogP contribution in [0.5, 0.6) is 0 Å². The van der Waals surface area contributed by atoms with E-state index in [9.17, 15) is 0 Å². The van der Waals surface area contributed by atoms with Crippen LogP contribution in [0.25, 0.3) is 0 Å². The first kappa shape index (κ1) is 14.8. The van der Waals surface area contributed by atoms with Crippen LogP contribution in [0.3, 0.4) is 0 Å². The maximum atomic E-state index is 5.69. The van der Waals surface area contributed by atoms with E-state index in [0.29, 0.717) is 0 Å². The molecule has 94 valence electrons. The van der Waals surface area contributed by atoms with E-state index < -0.39 is 16.1 Å². The standard InChI is InChI=1S/C16H22Si2/c1-9-13-11-12-14(10-2)16(18(6,7)8)15(13)17(3,4)5/h1-2,11-12H,3-8H3. The van der Waals surface area contributed by atoms with Gasteiger partial charge in [-0.2, -0.15) is 0 Å². The summed E-state index contributed by atoms with van der Waals surface area (Å²) in [7, 11) is -3.01. The summed E-state index contributed by atoms with van der Waals surface area (Å²) >= 11 is 0. The monoisotopic (exact) mass is 270 g/mol. The third kappa shape index (κ3) is 2.78. The van der Waals surface area contributed by atoms with Crippen molar-refractivity contribution in [3.8, 4) is 24.7 Å². The number of rotatable bonds is 2. The molecule has 0 heterocycles. The highest BCUT2D eigenvalue weighted by Gasteiger charge is 2.31. The van der Waals surface area contributed by atoms with E-state index in [1.807, 2.05) is 12.1 Å². The lowest BCUT2D eigenvalue weighted by Gasteiger charge is -2.30. The topological polar surface area (TPSA) is 0 Å². The molecule has 0 nitrogen and oxygen atoms in total. The van der Waals surface area contributed by atoms with Gasteiger partial charge < -0.3 is 0 Å². The Balaban J connectivity index is 3.86. The molecule has 18 heavy (non-hydrogen) atoms. The molecule has 0 aliphatic rings. The lowest BCUT2D eigenvalue weighted by molar-refractivity contribution is 1.60. The second-order valence-electron chi connectivity index (χ2n) is 6.70. The van der Waals surface area contributed by atoms with Crippen molar-refractivity contribution in [3.05, 3.63) is 23.3 Å². The molecule has 0 amide bonds. The first-order chi connectivity index (χ1) is 8.12. The van der Waals surface area contributed by atoms with Gasteiger partial charge in [0.2, 0.25) is 0 Å². The normalized spacial score (nSPS) is 11.8. The van der Waals surface area contributed by atoms with Crippen molar-refractivity contribution in [1.29, 1.82) is 0 Å². The van der Waals surface area contributed by atoms with Gasteiger partial charge in [-0.1, -0.05) is 51.1 Å². The fourth-order valence-electron chi connectivity index (χ4n) is 2.40. The first-order valence-electron chi connectivity index (χ1n) is 6.24. The molecule has 0 atom stereocenters. The van der Waals surface area contributed by atoms with Crippen LogP contribution in [0.2, 0.25) is 39.3 Å². The zero-order valence-electron chi connectivity index (χ0n) is 12.3. The van der Waals surface area contributed by atoms with Crippen LogP contribution in [0, 0.1) is 24.7 Å². The van der Waals surface area contributed by atoms with Crippen LogP contribution in [0.15, 0.2) is 12.1 Å². The molecule has 1 aromatic rings. The molecule has 0 fully saturated rings. The molecule has 0 N–H and O–H groups in total. The fraction of sp³-hybridized carbons (Fsp3) is 0.375. The van der Waals surface area contributed by atoms with E-state index in [-0.39, 0.29) is 0 Å². The number of hydrogen-bond donors (Lipinski definition) is 0. The molecule has 0 unspecified atom stereocenters. The molecule has 1 aromatic carbocycles. The van der Waals surface area contributed by atoms with Crippen molar-refractivity contribution in [2.75, 3.05) is 0 Å². The first-order valence-corrected chi connectivity index (χ1v) is 13.2. The van der Waals surface area contributed by atoms with Gasteiger partial charge in [0.1, 0.15) is 0 Å². The fourth-order valence-corrected chi connectivity index (χ4v) is 8.35. The Morgan fingerprint density at radius 1 is 0.722 bits per heavy atom. The molecule has 0 aromatic heterocycles. The highest BCUT2D eigenvalue weighted by molar-refractivity contribution is 6.99. The number of hydrogen-bond acceptors (Lipinski definition) is 0. The summed E-state index contributed by atoms with van der Waals surface area (Å²) in [6.07, 6.45) is 11.4. The molecule has 0 spiro atoms. The summed E-state index contributed by atoms with van der Waals surface area (Å²) in [4.78, 5) is 0. The minimum absolute atomic E-state index is 1.05. The SMILES string of the molecule is C#Cc1ccc(C#C)c([Si](C)(C)C)c1[Si](C)(C)C. The predicted molar refractivity (Wildman–Crippen MR) is 88.3 cm³/mol. The van der Waals surface area contributed by atoms with Gasteiger partial charge in [-0.3, -0.25) is 0 Å². The zero-order valence-corrected chi connectivity index (χ0v) is 14.3. The number of benzene rings is 1. The summed E-state index contributed by atoms with van der Waals surface area (Å²) in [5, 5.41) is 2.80. The van der Waals surface area contributed by atoms with Gasteiger partial charge in [0.25, 0.3) is 0 Å². The lowest BCUT2D eigenvalue weighted by atomic mass is 10.1. The maximum Gasteiger partial charge on any atom is 0.0791 e. The van der Waals surface area contributed by atoms with E-state index in [4.69, 9.17) is 12.8 Å². The van der Waals surface area contributed by atoms with E-state index in [1.54, 1.807) is 0 Å². The van der Waals surface area contributed by atoms with Crippen LogP contribution in [0.1, 0.15) is 11.1 Å². The number of terminal acetylenes is 2. The minimum Gasteiger partial charge on any atom is -0.115 e. The average Bonchev–Trinajstić information content (AvgIpc) is 2.24. The van der Waals surface area contributed by atoms with Crippen LogP contribution >= 0.6 is 0 Å². The van der Waals surface area contributed by atoms with Crippen molar-refractivity contribution in [2.45, 2.75) is 39.3 Å². The highest BCUT2D eigenvalue weighted by atomic mass is 28.3. The molecule has 0 radical (unpaired) electrons. The molecule has 0 saturated carbocycles. The Labute approximate surface area is 114 Å². The molecular formula is C16H22Si2.